The van der Waals surface area contributed by atoms with E-state index in [0.29, 0.717) is 0 Å². The maximum atomic E-state index is 12.7. The van der Waals surface area contributed by atoms with Crippen LogP contribution in [0.4, 0.5) is 4.79 Å². The molecule has 4 rings (SSSR count). The first-order chi connectivity index (χ1) is 12.3. The van der Waals surface area contributed by atoms with E-state index in [4.69, 9.17) is 0 Å². The zero-order valence-electron chi connectivity index (χ0n) is 15.1. The quantitative estimate of drug-likeness (QED) is 0.770. The van der Waals surface area contributed by atoms with E-state index in [9.17, 15) is 14.4 Å². The first-order valence-electron chi connectivity index (χ1n) is 9.22. The normalized spacial score (nSPS) is 27.7. The fourth-order valence-corrected chi connectivity index (χ4v) is 5.20. The molecule has 3 aliphatic rings. The van der Waals surface area contributed by atoms with Crippen LogP contribution in [0.3, 0.4) is 0 Å². The van der Waals surface area contributed by atoms with Gasteiger partial charge in [0.25, 0.3) is 5.91 Å². The number of hydrogen-bond acceptors (Lipinski definition) is 5. The highest BCUT2D eigenvalue weighted by molar-refractivity contribution is 7.09. The van der Waals surface area contributed by atoms with Crippen LogP contribution in [0, 0.1) is 12.8 Å². The maximum Gasteiger partial charge on any atom is 0.325 e. The monoisotopic (exact) mass is 376 g/mol. The number of aromatic nitrogens is 1. The Balaban J connectivity index is 1.48. The topological polar surface area (TPSA) is 91.4 Å². The Bertz CT molecular complexity index is 766. The van der Waals surface area contributed by atoms with E-state index >= 15 is 0 Å². The first-order valence-corrected chi connectivity index (χ1v) is 10.1. The Morgan fingerprint density at radius 1 is 1.38 bits per heavy atom. The molecule has 140 valence electrons. The third kappa shape index (κ3) is 2.80. The summed E-state index contributed by atoms with van der Waals surface area (Å²) in [6.07, 6.45) is 5.62. The van der Waals surface area contributed by atoms with Crippen molar-refractivity contribution in [3.63, 3.8) is 0 Å². The Kier molecular flexibility index (Phi) is 4.06. The molecule has 0 bridgehead atoms. The molecule has 2 heterocycles. The van der Waals surface area contributed by atoms with Gasteiger partial charge in [0.2, 0.25) is 5.91 Å². The van der Waals surface area contributed by atoms with Gasteiger partial charge in [-0.2, -0.15) is 0 Å². The van der Waals surface area contributed by atoms with Crippen LogP contribution in [0.2, 0.25) is 0 Å². The average molecular weight is 376 g/mol. The molecule has 1 aromatic rings. The lowest BCUT2D eigenvalue weighted by molar-refractivity contribution is -0.135. The lowest BCUT2D eigenvalue weighted by Crippen LogP contribution is -2.50. The number of carbonyl (C=O) groups excluding carboxylic acids is 3. The van der Waals surface area contributed by atoms with Gasteiger partial charge >= 0.3 is 6.03 Å². The highest BCUT2D eigenvalue weighted by Gasteiger charge is 2.56. The number of aryl methyl sites for hydroxylation is 1. The number of amides is 4. The van der Waals surface area contributed by atoms with Gasteiger partial charge in [0.15, 0.2) is 0 Å². The predicted octanol–water partition coefficient (Wildman–Crippen LogP) is 2.06. The Morgan fingerprint density at radius 2 is 2.08 bits per heavy atom. The molecular weight excluding hydrogens is 352 g/mol. The minimum absolute atomic E-state index is 0.187. The van der Waals surface area contributed by atoms with Gasteiger partial charge in [0.05, 0.1) is 5.54 Å². The molecule has 4 amide bonds. The fourth-order valence-electron chi connectivity index (χ4n) is 4.19. The second-order valence-electron chi connectivity index (χ2n) is 7.93. The molecule has 2 N–H and O–H groups in total. The van der Waals surface area contributed by atoms with Crippen LogP contribution < -0.4 is 10.6 Å². The molecule has 0 radical (unpaired) electrons. The van der Waals surface area contributed by atoms with Gasteiger partial charge in [0.1, 0.15) is 17.1 Å². The van der Waals surface area contributed by atoms with Crippen molar-refractivity contribution in [1.29, 1.82) is 0 Å². The van der Waals surface area contributed by atoms with Crippen molar-refractivity contribution >= 4 is 29.2 Å². The van der Waals surface area contributed by atoms with Crippen LogP contribution in [-0.2, 0) is 15.1 Å². The van der Waals surface area contributed by atoms with Crippen LogP contribution in [0.1, 0.15) is 56.2 Å². The number of carbonyl (C=O) groups is 3. The minimum Gasteiger partial charge on any atom is -0.343 e. The van der Waals surface area contributed by atoms with Crippen LogP contribution in [0.25, 0.3) is 0 Å². The second kappa shape index (κ2) is 6.04. The smallest absolute Gasteiger partial charge is 0.325 e. The van der Waals surface area contributed by atoms with Crippen LogP contribution in [-0.4, -0.2) is 39.8 Å². The Labute approximate surface area is 156 Å². The summed E-state index contributed by atoms with van der Waals surface area (Å²) in [5, 5.41) is 8.78. The van der Waals surface area contributed by atoms with Gasteiger partial charge in [0, 0.05) is 11.1 Å². The second-order valence-corrected chi connectivity index (χ2v) is 8.79. The molecule has 1 atom stereocenters. The third-order valence-electron chi connectivity index (χ3n) is 5.86. The van der Waals surface area contributed by atoms with Gasteiger partial charge in [-0.1, -0.05) is 12.8 Å². The van der Waals surface area contributed by atoms with Crippen molar-refractivity contribution in [1.82, 2.24) is 20.5 Å². The highest BCUT2D eigenvalue weighted by Crippen LogP contribution is 2.43. The highest BCUT2D eigenvalue weighted by atomic mass is 32.1. The number of thiazole rings is 1. The summed E-state index contributed by atoms with van der Waals surface area (Å²) in [5.41, 5.74) is -0.371. The molecule has 0 unspecified atom stereocenters. The van der Waals surface area contributed by atoms with E-state index < -0.39 is 17.1 Å². The van der Waals surface area contributed by atoms with Crippen molar-refractivity contribution in [2.45, 2.75) is 63.5 Å². The molecule has 0 aromatic carbocycles. The summed E-state index contributed by atoms with van der Waals surface area (Å²) in [6, 6.07) is -0.467. The lowest BCUT2D eigenvalue weighted by Gasteiger charge is -2.29. The van der Waals surface area contributed by atoms with Crippen LogP contribution >= 0.6 is 11.3 Å². The van der Waals surface area contributed by atoms with Gasteiger partial charge in [-0.05, 0) is 45.4 Å². The molecule has 1 aromatic heterocycles. The zero-order chi connectivity index (χ0) is 18.5. The van der Waals surface area contributed by atoms with Crippen molar-refractivity contribution in [3.8, 4) is 0 Å². The average Bonchev–Trinajstić information content (AvgIpc) is 3.14. The third-order valence-corrected chi connectivity index (χ3v) is 7.03. The lowest BCUT2D eigenvalue weighted by atomic mass is 9.96. The van der Waals surface area contributed by atoms with Crippen molar-refractivity contribution in [3.05, 3.63) is 16.1 Å². The summed E-state index contributed by atoms with van der Waals surface area (Å²) < 4.78 is 0. The maximum absolute atomic E-state index is 12.7. The van der Waals surface area contributed by atoms with Gasteiger partial charge in [-0.3, -0.25) is 14.5 Å². The predicted molar refractivity (Wildman–Crippen MR) is 96.5 cm³/mol. The molecule has 1 saturated heterocycles. The van der Waals surface area contributed by atoms with Crippen molar-refractivity contribution in [2.75, 3.05) is 6.54 Å². The summed E-state index contributed by atoms with van der Waals surface area (Å²) >= 11 is 1.56. The van der Waals surface area contributed by atoms with Gasteiger partial charge in [-0.15, -0.1) is 11.3 Å². The number of nitrogens with one attached hydrogen (secondary N) is 2. The summed E-state index contributed by atoms with van der Waals surface area (Å²) in [5.74, 6) is -0.402. The summed E-state index contributed by atoms with van der Waals surface area (Å²) in [7, 11) is 0. The van der Waals surface area contributed by atoms with E-state index in [1.54, 1.807) is 18.3 Å². The van der Waals surface area contributed by atoms with E-state index in [1.807, 2.05) is 12.3 Å². The summed E-state index contributed by atoms with van der Waals surface area (Å²) in [4.78, 5) is 43.3. The zero-order valence-corrected chi connectivity index (χ0v) is 15.9. The number of rotatable bonds is 5. The Hall–Kier alpha value is -1.96. The first kappa shape index (κ1) is 17.5. The van der Waals surface area contributed by atoms with Crippen molar-refractivity contribution in [2.24, 2.45) is 5.92 Å². The van der Waals surface area contributed by atoms with E-state index in [2.05, 4.69) is 15.6 Å². The Morgan fingerprint density at radius 3 is 2.65 bits per heavy atom. The van der Waals surface area contributed by atoms with Gasteiger partial charge in [-0.25, -0.2) is 9.78 Å². The largest absolute Gasteiger partial charge is 0.343 e. The number of imide groups is 1. The van der Waals surface area contributed by atoms with E-state index in [0.717, 1.165) is 54.1 Å². The molecule has 8 heteroatoms. The molecule has 2 saturated carbocycles. The molecular formula is C18H24N4O3S. The van der Waals surface area contributed by atoms with Crippen LogP contribution in [0.15, 0.2) is 5.38 Å². The molecule has 2 aliphatic carbocycles. The molecule has 26 heavy (non-hydrogen) atoms. The molecule has 3 fully saturated rings. The van der Waals surface area contributed by atoms with Crippen molar-refractivity contribution < 1.29 is 14.4 Å². The fraction of sp³-hybridized carbons (Fsp3) is 0.667. The van der Waals surface area contributed by atoms with Crippen LogP contribution in [0.5, 0.6) is 0 Å². The van der Waals surface area contributed by atoms with Gasteiger partial charge < -0.3 is 10.6 Å². The van der Waals surface area contributed by atoms with E-state index in [1.165, 1.54) is 0 Å². The van der Waals surface area contributed by atoms with E-state index in [-0.39, 0.29) is 24.3 Å². The molecule has 7 nitrogen and oxygen atoms in total. The molecule has 1 aliphatic heterocycles. The minimum atomic E-state index is -0.852. The summed E-state index contributed by atoms with van der Waals surface area (Å²) in [6.45, 7) is 3.47. The number of nitrogens with zero attached hydrogens (tertiary/aromatic N) is 2. The number of hydrogen-bond donors (Lipinski definition) is 2. The standard InChI is InChI=1S/C18H24N4O3S/c1-11-10-26-14(19-11)18(7-3-4-8-18)20-13(23)9-22-15(24)17(2,12-5-6-12)21-16(22)25/h10,12H,3-9H2,1-2H3,(H,20,23)(H,21,25)/t17-/m1/s1. The number of urea groups is 1. The molecule has 0 spiro atoms. The SMILES string of the molecule is Cc1csc(C2(NC(=O)CN3C(=O)N[C@](C)(C4CC4)C3=O)CCCC2)n1.